The molecule has 0 unspecified atom stereocenters. The van der Waals surface area contributed by atoms with Gasteiger partial charge in [0.2, 0.25) is 0 Å². The second-order valence-corrected chi connectivity index (χ2v) is 5.70. The van der Waals surface area contributed by atoms with Gasteiger partial charge in [0.15, 0.2) is 5.78 Å². The Kier molecular flexibility index (Phi) is 5.70. The Labute approximate surface area is 114 Å². The van der Waals surface area contributed by atoms with Gasteiger partial charge in [0.05, 0.1) is 0 Å². The number of ketones is 1. The maximum absolute atomic E-state index is 12.1. The van der Waals surface area contributed by atoms with E-state index in [1.165, 1.54) is 0 Å². The first-order chi connectivity index (χ1) is 7.58. The molecule has 1 nitrogen and oxygen atoms in total. The van der Waals surface area contributed by atoms with Gasteiger partial charge in [-0.15, -0.1) is 0 Å². The Morgan fingerprint density at radius 3 is 2.44 bits per heavy atom. The average molecular weight is 348 g/mol. The van der Waals surface area contributed by atoms with E-state index in [0.717, 1.165) is 27.4 Å². The molecule has 0 radical (unpaired) electrons. The van der Waals surface area contributed by atoms with Gasteiger partial charge in [-0.1, -0.05) is 58.5 Å². The van der Waals surface area contributed by atoms with E-state index in [9.17, 15) is 4.79 Å². The minimum absolute atomic E-state index is 0.224. The fourth-order valence-electron chi connectivity index (χ4n) is 1.66. The summed E-state index contributed by atoms with van der Waals surface area (Å²) in [7, 11) is 0. The zero-order valence-corrected chi connectivity index (χ0v) is 12.8. The summed E-state index contributed by atoms with van der Waals surface area (Å²) in [5.41, 5.74) is 0.779. The van der Waals surface area contributed by atoms with E-state index in [1.54, 1.807) is 0 Å². The standard InChI is InChI=1S/C13H16Br2O/c1-3-9(4-2)7-13(16)11-8-10(14)5-6-12(11)15/h5-6,8-9H,3-4,7H2,1-2H3. The van der Waals surface area contributed by atoms with Crippen molar-refractivity contribution in [2.45, 2.75) is 33.1 Å². The maximum atomic E-state index is 12.1. The molecule has 1 aromatic carbocycles. The van der Waals surface area contributed by atoms with Crippen molar-refractivity contribution in [2.75, 3.05) is 0 Å². The van der Waals surface area contributed by atoms with Crippen LogP contribution in [0.2, 0.25) is 0 Å². The molecule has 0 saturated heterocycles. The fourth-order valence-corrected chi connectivity index (χ4v) is 2.49. The molecule has 0 aliphatic heterocycles. The number of carbonyl (C=O) groups is 1. The molecule has 0 atom stereocenters. The number of carbonyl (C=O) groups excluding carboxylic acids is 1. The molecule has 0 N–H and O–H groups in total. The summed E-state index contributed by atoms with van der Waals surface area (Å²) in [6.07, 6.45) is 2.77. The highest BCUT2D eigenvalue weighted by atomic mass is 79.9. The van der Waals surface area contributed by atoms with E-state index >= 15 is 0 Å². The molecular formula is C13H16Br2O. The highest BCUT2D eigenvalue weighted by Gasteiger charge is 2.14. The molecule has 88 valence electrons. The van der Waals surface area contributed by atoms with E-state index < -0.39 is 0 Å². The smallest absolute Gasteiger partial charge is 0.164 e. The largest absolute Gasteiger partial charge is 0.294 e. The van der Waals surface area contributed by atoms with Gasteiger partial charge in [0.1, 0.15) is 0 Å². The Hall–Kier alpha value is -0.150. The van der Waals surface area contributed by atoms with Crippen LogP contribution in [-0.4, -0.2) is 5.78 Å². The lowest BCUT2D eigenvalue weighted by atomic mass is 9.94. The summed E-state index contributed by atoms with van der Waals surface area (Å²) in [5.74, 6) is 0.722. The highest BCUT2D eigenvalue weighted by molar-refractivity contribution is 9.11. The van der Waals surface area contributed by atoms with Gasteiger partial charge in [0, 0.05) is 20.9 Å². The van der Waals surface area contributed by atoms with E-state index in [2.05, 4.69) is 45.7 Å². The third-order valence-electron chi connectivity index (χ3n) is 2.86. The first-order valence-corrected chi connectivity index (χ1v) is 7.15. The van der Waals surface area contributed by atoms with Crippen LogP contribution < -0.4 is 0 Å². The first-order valence-electron chi connectivity index (χ1n) is 5.56. The maximum Gasteiger partial charge on any atom is 0.164 e. The summed E-state index contributed by atoms with van der Waals surface area (Å²) in [5, 5.41) is 0. The fraction of sp³-hybridized carbons (Fsp3) is 0.462. The predicted octanol–water partition coefficient (Wildman–Crippen LogP) is 5.22. The third kappa shape index (κ3) is 3.70. The van der Waals surface area contributed by atoms with Crippen LogP contribution in [0.5, 0.6) is 0 Å². The van der Waals surface area contributed by atoms with Gasteiger partial charge in [-0.3, -0.25) is 4.79 Å². The Balaban J connectivity index is 2.83. The molecule has 0 saturated carbocycles. The van der Waals surface area contributed by atoms with Gasteiger partial charge in [-0.25, -0.2) is 0 Å². The quantitative estimate of drug-likeness (QED) is 0.667. The zero-order valence-electron chi connectivity index (χ0n) is 9.59. The van der Waals surface area contributed by atoms with Crippen molar-refractivity contribution in [1.29, 1.82) is 0 Å². The molecule has 16 heavy (non-hydrogen) atoms. The van der Waals surface area contributed by atoms with Crippen molar-refractivity contribution in [3.63, 3.8) is 0 Å². The van der Waals surface area contributed by atoms with Crippen molar-refractivity contribution in [3.8, 4) is 0 Å². The Morgan fingerprint density at radius 2 is 1.88 bits per heavy atom. The number of rotatable bonds is 5. The van der Waals surface area contributed by atoms with Crippen molar-refractivity contribution in [3.05, 3.63) is 32.7 Å². The van der Waals surface area contributed by atoms with Crippen LogP contribution in [0.1, 0.15) is 43.5 Å². The van der Waals surface area contributed by atoms with E-state index in [1.807, 2.05) is 18.2 Å². The number of benzene rings is 1. The van der Waals surface area contributed by atoms with E-state index in [0.29, 0.717) is 12.3 Å². The molecular weight excluding hydrogens is 332 g/mol. The van der Waals surface area contributed by atoms with Crippen molar-refractivity contribution < 1.29 is 4.79 Å². The van der Waals surface area contributed by atoms with Crippen LogP contribution in [0.3, 0.4) is 0 Å². The van der Waals surface area contributed by atoms with Gasteiger partial charge in [-0.05, 0) is 24.1 Å². The van der Waals surface area contributed by atoms with Crippen molar-refractivity contribution >= 4 is 37.6 Å². The lowest BCUT2D eigenvalue weighted by molar-refractivity contribution is 0.0958. The second-order valence-electron chi connectivity index (χ2n) is 3.93. The SMILES string of the molecule is CCC(CC)CC(=O)c1cc(Br)ccc1Br. The molecule has 1 aromatic rings. The van der Waals surface area contributed by atoms with E-state index in [-0.39, 0.29) is 5.78 Å². The molecule has 3 heteroatoms. The van der Waals surface area contributed by atoms with Crippen LogP contribution in [0.25, 0.3) is 0 Å². The molecule has 0 aliphatic carbocycles. The lowest BCUT2D eigenvalue weighted by Gasteiger charge is -2.11. The number of halogens is 2. The zero-order chi connectivity index (χ0) is 12.1. The van der Waals surface area contributed by atoms with Crippen LogP contribution in [-0.2, 0) is 0 Å². The average Bonchev–Trinajstić information content (AvgIpc) is 2.28. The molecule has 0 spiro atoms. The normalized spacial score (nSPS) is 10.8. The van der Waals surface area contributed by atoms with Gasteiger partial charge < -0.3 is 0 Å². The van der Waals surface area contributed by atoms with Crippen LogP contribution in [0.4, 0.5) is 0 Å². The van der Waals surface area contributed by atoms with Crippen molar-refractivity contribution in [1.82, 2.24) is 0 Å². The van der Waals surface area contributed by atoms with Crippen molar-refractivity contribution in [2.24, 2.45) is 5.92 Å². The first kappa shape index (κ1) is 13.9. The summed E-state index contributed by atoms with van der Waals surface area (Å²) < 4.78 is 1.83. The summed E-state index contributed by atoms with van der Waals surface area (Å²) in [6.45, 7) is 4.27. The van der Waals surface area contributed by atoms with E-state index in [4.69, 9.17) is 0 Å². The third-order valence-corrected chi connectivity index (χ3v) is 4.04. The van der Waals surface area contributed by atoms with Gasteiger partial charge >= 0.3 is 0 Å². The topological polar surface area (TPSA) is 17.1 Å². The van der Waals surface area contributed by atoms with Crippen LogP contribution in [0.15, 0.2) is 27.1 Å². The van der Waals surface area contributed by atoms with Crippen LogP contribution >= 0.6 is 31.9 Å². The van der Waals surface area contributed by atoms with Crippen LogP contribution in [0, 0.1) is 5.92 Å². The second kappa shape index (κ2) is 6.55. The molecule has 1 rings (SSSR count). The number of hydrogen-bond donors (Lipinski definition) is 0. The Bertz CT molecular complexity index is 370. The Morgan fingerprint density at radius 1 is 1.25 bits per heavy atom. The summed E-state index contributed by atoms with van der Waals surface area (Å²) >= 11 is 6.82. The minimum atomic E-state index is 0.224. The molecule has 0 aliphatic rings. The lowest BCUT2D eigenvalue weighted by Crippen LogP contribution is -2.08. The number of hydrogen-bond acceptors (Lipinski definition) is 1. The summed E-state index contributed by atoms with van der Waals surface area (Å²) in [6, 6.07) is 5.72. The highest BCUT2D eigenvalue weighted by Crippen LogP contribution is 2.25. The molecule has 0 amide bonds. The van der Waals surface area contributed by atoms with Gasteiger partial charge in [0.25, 0.3) is 0 Å². The molecule has 0 fully saturated rings. The predicted molar refractivity (Wildman–Crippen MR) is 74.9 cm³/mol. The summed E-state index contributed by atoms with van der Waals surface area (Å²) in [4.78, 5) is 12.1. The molecule has 0 heterocycles. The minimum Gasteiger partial charge on any atom is -0.294 e. The van der Waals surface area contributed by atoms with Gasteiger partial charge in [-0.2, -0.15) is 0 Å². The molecule has 0 bridgehead atoms. The number of Topliss-reactive ketones (excluding diaryl/α,β-unsaturated/α-hetero) is 1. The monoisotopic (exact) mass is 346 g/mol. The molecule has 0 aromatic heterocycles.